The Bertz CT molecular complexity index is 576. The lowest BCUT2D eigenvalue weighted by Gasteiger charge is -2.17. The highest BCUT2D eigenvalue weighted by molar-refractivity contribution is 7.16. The van der Waals surface area contributed by atoms with Gasteiger partial charge in [-0.25, -0.2) is 18.6 Å². The van der Waals surface area contributed by atoms with Crippen molar-refractivity contribution in [3.63, 3.8) is 0 Å². The van der Waals surface area contributed by atoms with Gasteiger partial charge in [0, 0.05) is 19.4 Å². The van der Waals surface area contributed by atoms with E-state index in [1.165, 1.54) is 11.3 Å². The first-order chi connectivity index (χ1) is 8.63. The first-order valence-corrected chi connectivity index (χ1v) is 7.46. The van der Waals surface area contributed by atoms with Crippen LogP contribution in [-0.2, 0) is 6.42 Å². The molecule has 0 radical (unpaired) electrons. The molecule has 0 fully saturated rings. The van der Waals surface area contributed by atoms with Crippen molar-refractivity contribution in [2.45, 2.75) is 34.1 Å². The van der Waals surface area contributed by atoms with E-state index in [-0.39, 0.29) is 0 Å². The Balaban J connectivity index is 0.000000312. The minimum absolute atomic E-state index is 0.995. The molecule has 0 unspecified atom stereocenters. The number of hydrogen-bond acceptors (Lipinski definition) is 7. The van der Waals surface area contributed by atoms with Crippen LogP contribution in [-0.4, -0.2) is 10.1 Å². The Labute approximate surface area is 116 Å². The van der Waals surface area contributed by atoms with Gasteiger partial charge in [0.05, 0.1) is 0 Å². The van der Waals surface area contributed by atoms with Gasteiger partial charge in [0.2, 0.25) is 0 Å². The van der Waals surface area contributed by atoms with Crippen LogP contribution in [0.1, 0.15) is 28.9 Å². The summed E-state index contributed by atoms with van der Waals surface area (Å²) in [5.41, 5.74) is 3.67. The van der Waals surface area contributed by atoms with Gasteiger partial charge >= 0.3 is 4.96 Å². The highest BCUT2D eigenvalue weighted by Crippen LogP contribution is 2.13. The zero-order chi connectivity index (χ0) is 14.8. The Hall–Kier alpha value is -0.900. The van der Waals surface area contributed by atoms with Crippen LogP contribution in [0.5, 0.6) is 0 Å². The minimum Gasteiger partial charge on any atom is -0.222 e. The second kappa shape index (κ2) is 6.04. The predicted molar refractivity (Wildman–Crippen MR) is 56.7 cm³/mol. The van der Waals surface area contributed by atoms with Crippen LogP contribution < -0.4 is 23.2 Å². The monoisotopic (exact) mass is 307 g/mol. The van der Waals surface area contributed by atoms with Gasteiger partial charge in [-0.05, 0) is 29.7 Å². The normalized spacial score (nSPS) is 11.4. The molecule has 0 saturated carbocycles. The fraction of sp³-hybridized carbons (Fsp3) is 0.500. The first kappa shape index (κ1) is 16.2. The van der Waals surface area contributed by atoms with E-state index in [0.29, 0.717) is 0 Å². The Morgan fingerprint density at radius 2 is 1.68 bits per heavy atom. The fourth-order valence-corrected chi connectivity index (χ4v) is 2.61. The van der Waals surface area contributed by atoms with Gasteiger partial charge in [-0.2, -0.15) is 0 Å². The van der Waals surface area contributed by atoms with Gasteiger partial charge in [0.25, 0.3) is 0 Å². The van der Waals surface area contributed by atoms with E-state index in [1.807, 2.05) is 11.4 Å². The lowest BCUT2D eigenvalue weighted by molar-refractivity contribution is -2.00. The van der Waals surface area contributed by atoms with Gasteiger partial charge in [-0.1, -0.05) is 16.5 Å². The molecule has 0 saturated heterocycles. The third kappa shape index (κ3) is 4.60. The molecule has 0 atom stereocenters. The molecule has 0 N–H and O–H groups in total. The highest BCUT2D eigenvalue weighted by Gasteiger charge is 2.19. The van der Waals surface area contributed by atoms with Crippen molar-refractivity contribution in [3.8, 4) is 0 Å². The molecule has 106 valence electrons. The molecule has 2 aromatic heterocycles. The summed E-state index contributed by atoms with van der Waals surface area (Å²) >= 11 is 1.64. The van der Waals surface area contributed by atoms with Crippen molar-refractivity contribution in [2.24, 2.45) is 0 Å². The van der Waals surface area contributed by atoms with Gasteiger partial charge in [0.1, 0.15) is 10.7 Å². The van der Waals surface area contributed by atoms with Crippen LogP contribution in [0.4, 0.5) is 0 Å². The van der Waals surface area contributed by atoms with Gasteiger partial charge < -0.3 is 0 Å². The molecule has 2 aromatic rings. The van der Waals surface area contributed by atoms with E-state index >= 15 is 0 Å². The number of hydrogen-bond donors (Lipinski definition) is 0. The summed E-state index contributed by atoms with van der Waals surface area (Å²) in [6, 6.07) is 0. The summed E-state index contributed by atoms with van der Waals surface area (Å²) in [6.07, 6.45) is 1.02. The van der Waals surface area contributed by atoms with E-state index in [2.05, 4.69) is 30.9 Å². The summed E-state index contributed by atoms with van der Waals surface area (Å²) in [5, 5.41) is 5.50. The molecule has 9 heteroatoms. The molecule has 0 amide bonds. The molecule has 0 aliphatic carbocycles. The minimum atomic E-state index is -4.94. The maximum absolute atomic E-state index is 8.49. The van der Waals surface area contributed by atoms with Crippen LogP contribution >= 0.6 is 11.3 Å². The van der Waals surface area contributed by atoms with Crippen molar-refractivity contribution in [2.75, 3.05) is 0 Å². The Morgan fingerprint density at radius 1 is 1.16 bits per heavy atom. The number of nitrogens with zero attached hydrogens (tertiary/aromatic N) is 3. The van der Waals surface area contributed by atoms with Crippen molar-refractivity contribution >= 4 is 16.3 Å². The molecular formula is C10H14ClN3O4S. The van der Waals surface area contributed by atoms with Crippen LogP contribution in [0.25, 0.3) is 4.96 Å². The van der Waals surface area contributed by atoms with Crippen LogP contribution in [0, 0.1) is 31.0 Å². The quantitative estimate of drug-likeness (QED) is 0.518. The Kier molecular flexibility index (Phi) is 5.13. The summed E-state index contributed by atoms with van der Waals surface area (Å²) < 4.78 is 35.9. The molecule has 19 heavy (non-hydrogen) atoms. The lowest BCUT2D eigenvalue weighted by Crippen LogP contribution is -2.68. The van der Waals surface area contributed by atoms with E-state index < -0.39 is 10.2 Å². The molecule has 2 heterocycles. The number of rotatable bonds is 1. The maximum atomic E-state index is 8.49. The molecule has 0 aliphatic heterocycles. The molecule has 7 nitrogen and oxygen atoms in total. The third-order valence-electron chi connectivity index (χ3n) is 2.47. The van der Waals surface area contributed by atoms with Crippen molar-refractivity contribution in [1.29, 1.82) is 0 Å². The average Bonchev–Trinajstić information content (AvgIpc) is 2.57. The van der Waals surface area contributed by atoms with E-state index in [9.17, 15) is 0 Å². The largest absolute Gasteiger partial charge is 0.410 e. The van der Waals surface area contributed by atoms with Crippen LogP contribution in [0.15, 0.2) is 0 Å². The summed E-state index contributed by atoms with van der Waals surface area (Å²) in [7, 11) is -4.94. The number of fused-ring (bicyclic) bond motifs is 1. The predicted octanol–water partition coefficient (Wildman–Crippen LogP) is -2.99. The second-order valence-corrected chi connectivity index (χ2v) is 5.72. The summed E-state index contributed by atoms with van der Waals surface area (Å²) in [5.74, 6) is 0. The topological polar surface area (TPSA) is 122 Å². The SMILES string of the molecule is CCc1c(C)nc2sc(C)n[n+]2c1C.[O-][Cl+3]([O-])([O-])[O-]. The van der Waals surface area contributed by atoms with Gasteiger partial charge in [-0.15, -0.1) is 10.2 Å². The van der Waals surface area contributed by atoms with Crippen molar-refractivity contribution < 1.29 is 33.4 Å². The van der Waals surface area contributed by atoms with E-state index in [4.69, 9.17) is 18.6 Å². The van der Waals surface area contributed by atoms with Crippen LogP contribution in [0.3, 0.4) is 0 Å². The molecular weight excluding hydrogens is 294 g/mol. The summed E-state index contributed by atoms with van der Waals surface area (Å²) in [4.78, 5) is 5.54. The third-order valence-corrected chi connectivity index (χ3v) is 3.29. The zero-order valence-corrected chi connectivity index (χ0v) is 12.5. The summed E-state index contributed by atoms with van der Waals surface area (Å²) in [6.45, 7) is 8.35. The second-order valence-electron chi connectivity index (χ2n) is 3.81. The number of aromatic nitrogens is 3. The van der Waals surface area contributed by atoms with E-state index in [0.717, 1.165) is 22.1 Å². The Morgan fingerprint density at radius 3 is 2.16 bits per heavy atom. The highest BCUT2D eigenvalue weighted by atomic mass is 35.7. The lowest BCUT2D eigenvalue weighted by atomic mass is 10.1. The smallest absolute Gasteiger partial charge is 0.222 e. The zero-order valence-electron chi connectivity index (χ0n) is 11.0. The fourth-order valence-electron chi connectivity index (χ4n) is 1.78. The maximum Gasteiger partial charge on any atom is 0.410 e. The van der Waals surface area contributed by atoms with E-state index in [1.54, 1.807) is 11.3 Å². The average molecular weight is 308 g/mol. The van der Waals surface area contributed by atoms with Gasteiger partial charge in [0.15, 0.2) is 5.69 Å². The number of aryl methyl sites for hydroxylation is 3. The molecule has 0 aliphatic rings. The van der Waals surface area contributed by atoms with Crippen molar-refractivity contribution in [3.05, 3.63) is 22.0 Å². The van der Waals surface area contributed by atoms with Crippen molar-refractivity contribution in [1.82, 2.24) is 10.1 Å². The first-order valence-electron chi connectivity index (χ1n) is 5.40. The molecule has 2 rings (SSSR count). The molecule has 0 aromatic carbocycles. The standard InChI is InChI=1S/C10H14N3S.ClHO4/c1-5-9-6(2)11-10-13(7(9)3)12-8(4)14-10;2-1(3,4)5/h5H2,1-4H3;(H,2,3,4,5)/q+1;/p-1. The van der Waals surface area contributed by atoms with Crippen LogP contribution in [0.2, 0.25) is 0 Å². The number of halogens is 1. The molecule has 0 spiro atoms. The molecule has 0 bridgehead atoms. The van der Waals surface area contributed by atoms with Gasteiger partial charge in [-0.3, -0.25) is 0 Å².